The molecule has 8 nitrogen and oxygen atoms in total. The van der Waals surface area contributed by atoms with E-state index >= 15 is 0 Å². The third-order valence-corrected chi connectivity index (χ3v) is 3.27. The number of aryl methyl sites for hydroxylation is 1. The van der Waals surface area contributed by atoms with Crippen LogP contribution in [0.25, 0.3) is 0 Å². The van der Waals surface area contributed by atoms with Gasteiger partial charge in [0.15, 0.2) is 0 Å². The number of hydrogen-bond donors (Lipinski definition) is 0. The first kappa shape index (κ1) is 17.1. The highest BCUT2D eigenvalue weighted by molar-refractivity contribution is 5.72. The van der Waals surface area contributed by atoms with Gasteiger partial charge in [-0.05, 0) is 30.5 Å². The molecular formula is C16H14N2O6. The summed E-state index contributed by atoms with van der Waals surface area (Å²) in [6, 6.07) is 11.4. The molecule has 0 aromatic heterocycles. The first-order chi connectivity index (χ1) is 11.5. The van der Waals surface area contributed by atoms with Gasteiger partial charge in [0.25, 0.3) is 11.4 Å². The molecule has 24 heavy (non-hydrogen) atoms. The van der Waals surface area contributed by atoms with Gasteiger partial charge in [0.05, 0.1) is 9.85 Å². The summed E-state index contributed by atoms with van der Waals surface area (Å²) in [7, 11) is 0. The second kappa shape index (κ2) is 7.82. The van der Waals surface area contributed by atoms with Crippen molar-refractivity contribution in [3.63, 3.8) is 0 Å². The summed E-state index contributed by atoms with van der Waals surface area (Å²) in [5.41, 5.74) is 0.841. The van der Waals surface area contributed by atoms with E-state index in [9.17, 15) is 25.0 Å². The van der Waals surface area contributed by atoms with Crippen molar-refractivity contribution in [3.8, 4) is 5.75 Å². The first-order valence-corrected chi connectivity index (χ1v) is 7.14. The molecule has 2 rings (SSSR count). The smallest absolute Gasteiger partial charge is 0.311 e. The summed E-state index contributed by atoms with van der Waals surface area (Å²) in [4.78, 5) is 31.8. The Morgan fingerprint density at radius 3 is 1.88 bits per heavy atom. The maximum Gasteiger partial charge on any atom is 0.311 e. The predicted molar refractivity (Wildman–Crippen MR) is 84.8 cm³/mol. The molecule has 0 unspecified atom stereocenters. The topological polar surface area (TPSA) is 113 Å². The van der Waals surface area contributed by atoms with Crippen LogP contribution in [0.15, 0.2) is 48.5 Å². The van der Waals surface area contributed by atoms with E-state index in [1.807, 2.05) is 0 Å². The van der Waals surface area contributed by atoms with Gasteiger partial charge in [-0.2, -0.15) is 0 Å². The molecule has 0 N–H and O–H groups in total. The first-order valence-electron chi connectivity index (χ1n) is 7.14. The Morgan fingerprint density at radius 1 is 0.875 bits per heavy atom. The summed E-state index contributed by atoms with van der Waals surface area (Å²) < 4.78 is 5.09. The van der Waals surface area contributed by atoms with Crippen LogP contribution in [-0.4, -0.2) is 15.8 Å². The number of carbonyl (C=O) groups is 1. The Morgan fingerprint density at radius 2 is 1.38 bits per heavy atom. The number of nitrogens with zero attached hydrogens (tertiary/aromatic N) is 2. The number of benzene rings is 2. The van der Waals surface area contributed by atoms with E-state index in [4.69, 9.17) is 4.74 Å². The third kappa shape index (κ3) is 4.87. The number of non-ortho nitro benzene ring substituents is 2. The van der Waals surface area contributed by atoms with E-state index in [0.717, 1.165) is 5.56 Å². The van der Waals surface area contributed by atoms with E-state index in [-0.39, 0.29) is 23.5 Å². The molecule has 0 bridgehead atoms. The maximum atomic E-state index is 11.7. The molecule has 0 aliphatic heterocycles. The molecule has 124 valence electrons. The van der Waals surface area contributed by atoms with Crippen molar-refractivity contribution >= 4 is 17.3 Å². The summed E-state index contributed by atoms with van der Waals surface area (Å²) >= 11 is 0. The number of ether oxygens (including phenoxy) is 1. The zero-order valence-electron chi connectivity index (χ0n) is 12.6. The number of nitro groups is 2. The van der Waals surface area contributed by atoms with Crippen molar-refractivity contribution in [1.82, 2.24) is 0 Å². The molecule has 2 aromatic carbocycles. The van der Waals surface area contributed by atoms with Crippen LogP contribution in [0.4, 0.5) is 11.4 Å². The van der Waals surface area contributed by atoms with Crippen molar-refractivity contribution < 1.29 is 19.4 Å². The normalized spacial score (nSPS) is 10.2. The fourth-order valence-electron chi connectivity index (χ4n) is 2.04. The van der Waals surface area contributed by atoms with Gasteiger partial charge < -0.3 is 4.74 Å². The molecule has 0 atom stereocenters. The van der Waals surface area contributed by atoms with Crippen LogP contribution in [0, 0.1) is 20.2 Å². The Bertz CT molecular complexity index is 740. The maximum absolute atomic E-state index is 11.7. The molecule has 0 spiro atoms. The molecule has 2 aromatic rings. The quantitative estimate of drug-likeness (QED) is 0.332. The Labute approximate surface area is 137 Å². The van der Waals surface area contributed by atoms with Gasteiger partial charge in [-0.3, -0.25) is 25.0 Å². The molecular weight excluding hydrogens is 316 g/mol. The lowest BCUT2D eigenvalue weighted by atomic mass is 10.1. The molecule has 0 aliphatic rings. The van der Waals surface area contributed by atoms with Crippen LogP contribution in [0.5, 0.6) is 5.75 Å². The highest BCUT2D eigenvalue weighted by Crippen LogP contribution is 2.18. The summed E-state index contributed by atoms with van der Waals surface area (Å²) in [5.74, 6) is -0.188. The summed E-state index contributed by atoms with van der Waals surface area (Å²) in [6.45, 7) is 0. The zero-order valence-corrected chi connectivity index (χ0v) is 12.6. The minimum Gasteiger partial charge on any atom is -0.427 e. The standard InChI is InChI=1S/C16H14N2O6/c19-16(24-15-10-8-14(9-11-15)18(22)23)3-1-2-12-4-6-13(7-5-12)17(20)21/h4-11H,1-3H2. The molecule has 8 heteroatoms. The van der Waals surface area contributed by atoms with E-state index in [1.165, 1.54) is 36.4 Å². The second-order valence-corrected chi connectivity index (χ2v) is 5.00. The average molecular weight is 330 g/mol. The van der Waals surface area contributed by atoms with Crippen LogP contribution in [0.3, 0.4) is 0 Å². The molecule has 0 saturated heterocycles. The van der Waals surface area contributed by atoms with Crippen LogP contribution >= 0.6 is 0 Å². The van der Waals surface area contributed by atoms with Crippen molar-refractivity contribution in [2.45, 2.75) is 19.3 Å². The van der Waals surface area contributed by atoms with Gasteiger partial charge >= 0.3 is 5.97 Å². The van der Waals surface area contributed by atoms with Crippen LogP contribution < -0.4 is 4.74 Å². The zero-order chi connectivity index (χ0) is 17.5. The van der Waals surface area contributed by atoms with E-state index in [2.05, 4.69) is 0 Å². The van der Waals surface area contributed by atoms with Crippen molar-refractivity contribution in [1.29, 1.82) is 0 Å². The third-order valence-electron chi connectivity index (χ3n) is 3.27. The minimum atomic E-state index is -0.532. The Hall–Kier alpha value is -3.29. The van der Waals surface area contributed by atoms with Gasteiger partial charge in [-0.1, -0.05) is 12.1 Å². The monoisotopic (exact) mass is 330 g/mol. The van der Waals surface area contributed by atoms with E-state index in [0.29, 0.717) is 12.8 Å². The van der Waals surface area contributed by atoms with E-state index in [1.54, 1.807) is 12.1 Å². The number of esters is 1. The molecule has 0 radical (unpaired) electrons. The largest absolute Gasteiger partial charge is 0.427 e. The molecule has 0 aliphatic carbocycles. The lowest BCUT2D eigenvalue weighted by molar-refractivity contribution is -0.385. The van der Waals surface area contributed by atoms with Crippen LogP contribution in [0.1, 0.15) is 18.4 Å². The molecule has 0 amide bonds. The molecule has 0 saturated carbocycles. The summed E-state index contributed by atoms with van der Waals surface area (Å²) in [6.07, 6.45) is 1.30. The highest BCUT2D eigenvalue weighted by Gasteiger charge is 2.09. The number of nitro benzene ring substituents is 2. The summed E-state index contributed by atoms with van der Waals surface area (Å²) in [5, 5.41) is 21.1. The van der Waals surface area contributed by atoms with Gasteiger partial charge in [0.2, 0.25) is 0 Å². The van der Waals surface area contributed by atoms with Gasteiger partial charge in [-0.15, -0.1) is 0 Å². The number of hydrogen-bond acceptors (Lipinski definition) is 6. The van der Waals surface area contributed by atoms with Crippen LogP contribution in [-0.2, 0) is 11.2 Å². The predicted octanol–water partition coefficient (Wildman–Crippen LogP) is 3.43. The molecule has 0 fully saturated rings. The van der Waals surface area contributed by atoms with Crippen molar-refractivity contribution in [3.05, 3.63) is 74.3 Å². The fourth-order valence-corrected chi connectivity index (χ4v) is 2.04. The van der Waals surface area contributed by atoms with Gasteiger partial charge in [0, 0.05) is 30.7 Å². The van der Waals surface area contributed by atoms with Gasteiger partial charge in [0.1, 0.15) is 5.75 Å². The molecule has 0 heterocycles. The number of rotatable bonds is 7. The minimum absolute atomic E-state index is 0.0244. The fraction of sp³-hybridized carbons (Fsp3) is 0.188. The van der Waals surface area contributed by atoms with Gasteiger partial charge in [-0.25, -0.2) is 0 Å². The highest BCUT2D eigenvalue weighted by atomic mass is 16.6. The number of carbonyl (C=O) groups excluding carboxylic acids is 1. The second-order valence-electron chi connectivity index (χ2n) is 5.00. The SMILES string of the molecule is O=C(CCCc1ccc([N+](=O)[O-])cc1)Oc1ccc([N+](=O)[O-])cc1. The van der Waals surface area contributed by atoms with Crippen molar-refractivity contribution in [2.24, 2.45) is 0 Å². The van der Waals surface area contributed by atoms with Crippen LogP contribution in [0.2, 0.25) is 0 Å². The lowest BCUT2D eigenvalue weighted by Gasteiger charge is -2.04. The van der Waals surface area contributed by atoms with Crippen molar-refractivity contribution in [2.75, 3.05) is 0 Å². The van der Waals surface area contributed by atoms with E-state index < -0.39 is 15.8 Å². The lowest BCUT2D eigenvalue weighted by Crippen LogP contribution is -2.08. The average Bonchev–Trinajstić information content (AvgIpc) is 2.55. The Kier molecular flexibility index (Phi) is 5.56. The Balaban J connectivity index is 1.78.